The maximum absolute atomic E-state index is 11.6. The summed E-state index contributed by atoms with van der Waals surface area (Å²) in [6.07, 6.45) is 4.11. The molecule has 2 rings (SSSR count). The van der Waals surface area contributed by atoms with Gasteiger partial charge in [-0.2, -0.15) is 0 Å². The lowest BCUT2D eigenvalue weighted by molar-refractivity contribution is 0.0951. The van der Waals surface area contributed by atoms with Crippen molar-refractivity contribution in [2.24, 2.45) is 0 Å². The van der Waals surface area contributed by atoms with Crippen LogP contribution in [0.1, 0.15) is 30.3 Å². The van der Waals surface area contributed by atoms with Crippen LogP contribution in [-0.4, -0.2) is 36.6 Å². The number of nitrogens with zero attached hydrogens (tertiary/aromatic N) is 1. The third-order valence-corrected chi connectivity index (χ3v) is 3.04. The van der Waals surface area contributed by atoms with E-state index in [1.165, 1.54) is 12.8 Å². The molecule has 0 spiro atoms. The minimum absolute atomic E-state index is 0.125. The van der Waals surface area contributed by atoms with E-state index in [-0.39, 0.29) is 5.91 Å². The van der Waals surface area contributed by atoms with Crippen molar-refractivity contribution in [3.63, 3.8) is 0 Å². The quantitative estimate of drug-likeness (QED) is 0.727. The summed E-state index contributed by atoms with van der Waals surface area (Å²) < 4.78 is 0. The van der Waals surface area contributed by atoms with Crippen LogP contribution in [0, 0.1) is 0 Å². The third kappa shape index (κ3) is 3.43. The summed E-state index contributed by atoms with van der Waals surface area (Å²) in [5, 5.41) is 9.51. The summed E-state index contributed by atoms with van der Waals surface area (Å²) in [4.78, 5) is 15.7. The van der Waals surface area contributed by atoms with Crippen LogP contribution in [0.25, 0.3) is 0 Å². The highest BCUT2D eigenvalue weighted by molar-refractivity contribution is 5.93. The van der Waals surface area contributed by atoms with E-state index in [0.717, 1.165) is 18.8 Å². The summed E-state index contributed by atoms with van der Waals surface area (Å²) in [5.41, 5.74) is 1.40. The predicted molar refractivity (Wildman–Crippen MR) is 71.8 cm³/mol. The standard InChI is InChI=1S/C13H20N4O/c1-2-14-13(18)12-8-10(5-7-16-12)17-9-11-4-3-6-15-11/h5,7-8,11,15H,2-4,6,9H2,1H3,(H,14,18)(H,16,17). The fourth-order valence-corrected chi connectivity index (χ4v) is 2.09. The van der Waals surface area contributed by atoms with Crippen molar-refractivity contribution in [2.45, 2.75) is 25.8 Å². The molecule has 1 saturated heterocycles. The average Bonchev–Trinajstić information content (AvgIpc) is 2.90. The molecule has 1 aliphatic rings. The Morgan fingerprint density at radius 1 is 1.61 bits per heavy atom. The van der Waals surface area contributed by atoms with Gasteiger partial charge in [-0.3, -0.25) is 9.78 Å². The van der Waals surface area contributed by atoms with Crippen LogP contribution < -0.4 is 16.0 Å². The lowest BCUT2D eigenvalue weighted by atomic mass is 10.2. The zero-order chi connectivity index (χ0) is 12.8. The molecule has 18 heavy (non-hydrogen) atoms. The zero-order valence-electron chi connectivity index (χ0n) is 10.7. The number of hydrogen-bond donors (Lipinski definition) is 3. The first kappa shape index (κ1) is 12.8. The fraction of sp³-hybridized carbons (Fsp3) is 0.538. The molecule has 2 heterocycles. The van der Waals surface area contributed by atoms with Crippen LogP contribution in [0.15, 0.2) is 18.3 Å². The van der Waals surface area contributed by atoms with Gasteiger partial charge in [0.2, 0.25) is 0 Å². The number of carbonyl (C=O) groups excluding carboxylic acids is 1. The van der Waals surface area contributed by atoms with Crippen molar-refractivity contribution in [3.05, 3.63) is 24.0 Å². The second-order valence-corrected chi connectivity index (χ2v) is 4.46. The first-order valence-corrected chi connectivity index (χ1v) is 6.51. The van der Waals surface area contributed by atoms with Crippen molar-refractivity contribution in [1.82, 2.24) is 15.6 Å². The largest absolute Gasteiger partial charge is 0.383 e. The summed E-state index contributed by atoms with van der Waals surface area (Å²) in [7, 11) is 0. The molecular formula is C13H20N4O. The summed E-state index contributed by atoms with van der Waals surface area (Å²) >= 11 is 0. The molecule has 1 aromatic heterocycles. The van der Waals surface area contributed by atoms with Crippen LogP contribution in [-0.2, 0) is 0 Å². The molecule has 0 aliphatic carbocycles. The molecular weight excluding hydrogens is 228 g/mol. The van der Waals surface area contributed by atoms with Crippen LogP contribution in [0.3, 0.4) is 0 Å². The van der Waals surface area contributed by atoms with Gasteiger partial charge in [0.1, 0.15) is 5.69 Å². The Hall–Kier alpha value is -1.62. The maximum Gasteiger partial charge on any atom is 0.269 e. The molecule has 1 unspecified atom stereocenters. The van der Waals surface area contributed by atoms with E-state index >= 15 is 0 Å². The van der Waals surface area contributed by atoms with E-state index in [1.807, 2.05) is 13.0 Å². The van der Waals surface area contributed by atoms with E-state index in [2.05, 4.69) is 20.9 Å². The normalized spacial score (nSPS) is 18.6. The molecule has 0 aromatic carbocycles. The van der Waals surface area contributed by atoms with Crippen LogP contribution >= 0.6 is 0 Å². The Labute approximate surface area is 107 Å². The van der Waals surface area contributed by atoms with Gasteiger partial charge in [-0.1, -0.05) is 0 Å². The van der Waals surface area contributed by atoms with E-state index in [4.69, 9.17) is 0 Å². The summed E-state index contributed by atoms with van der Waals surface area (Å²) in [6.45, 7) is 4.50. The van der Waals surface area contributed by atoms with Crippen molar-refractivity contribution >= 4 is 11.6 Å². The molecule has 5 heteroatoms. The third-order valence-electron chi connectivity index (χ3n) is 3.04. The van der Waals surface area contributed by atoms with Gasteiger partial charge < -0.3 is 16.0 Å². The van der Waals surface area contributed by atoms with Gasteiger partial charge in [0.15, 0.2) is 0 Å². The molecule has 1 aliphatic heterocycles. The average molecular weight is 248 g/mol. The Balaban J connectivity index is 1.91. The van der Waals surface area contributed by atoms with E-state index < -0.39 is 0 Å². The first-order chi connectivity index (χ1) is 8.79. The Kier molecular flexibility index (Phi) is 4.52. The van der Waals surface area contributed by atoms with E-state index in [1.54, 1.807) is 12.3 Å². The second kappa shape index (κ2) is 6.35. The second-order valence-electron chi connectivity index (χ2n) is 4.46. The molecule has 1 atom stereocenters. The number of nitrogens with one attached hydrogen (secondary N) is 3. The number of carbonyl (C=O) groups is 1. The first-order valence-electron chi connectivity index (χ1n) is 6.51. The van der Waals surface area contributed by atoms with Crippen LogP contribution in [0.5, 0.6) is 0 Å². The number of pyridine rings is 1. The SMILES string of the molecule is CCNC(=O)c1cc(NCC2CCCN2)ccn1. The monoisotopic (exact) mass is 248 g/mol. The highest BCUT2D eigenvalue weighted by Gasteiger charge is 2.13. The molecule has 1 aromatic rings. The topological polar surface area (TPSA) is 66.1 Å². The predicted octanol–water partition coefficient (Wildman–Crippen LogP) is 0.995. The van der Waals surface area contributed by atoms with Crippen molar-refractivity contribution in [3.8, 4) is 0 Å². The van der Waals surface area contributed by atoms with Gasteiger partial charge >= 0.3 is 0 Å². The summed E-state index contributed by atoms with van der Waals surface area (Å²) in [6, 6.07) is 4.21. The van der Waals surface area contributed by atoms with Gasteiger partial charge in [0.25, 0.3) is 5.91 Å². The number of amides is 1. The van der Waals surface area contributed by atoms with Crippen LogP contribution in [0.2, 0.25) is 0 Å². The number of anilines is 1. The van der Waals surface area contributed by atoms with Crippen molar-refractivity contribution in [2.75, 3.05) is 25.0 Å². The van der Waals surface area contributed by atoms with E-state index in [9.17, 15) is 4.79 Å². The molecule has 0 bridgehead atoms. The Morgan fingerprint density at radius 3 is 3.22 bits per heavy atom. The number of rotatable bonds is 5. The van der Waals surface area contributed by atoms with Gasteiger partial charge in [0, 0.05) is 31.0 Å². The van der Waals surface area contributed by atoms with Gasteiger partial charge in [-0.25, -0.2) is 0 Å². The minimum Gasteiger partial charge on any atom is -0.383 e. The molecule has 98 valence electrons. The molecule has 1 fully saturated rings. The number of aromatic nitrogens is 1. The Morgan fingerprint density at radius 2 is 2.50 bits per heavy atom. The Bertz CT molecular complexity index is 402. The molecule has 0 saturated carbocycles. The lowest BCUT2D eigenvalue weighted by Crippen LogP contribution is -2.29. The van der Waals surface area contributed by atoms with E-state index in [0.29, 0.717) is 18.3 Å². The highest BCUT2D eigenvalue weighted by Crippen LogP contribution is 2.10. The van der Waals surface area contributed by atoms with Gasteiger partial charge in [-0.05, 0) is 38.4 Å². The minimum atomic E-state index is -0.125. The maximum atomic E-state index is 11.6. The molecule has 5 nitrogen and oxygen atoms in total. The lowest BCUT2D eigenvalue weighted by Gasteiger charge is -2.13. The van der Waals surface area contributed by atoms with Crippen LogP contribution in [0.4, 0.5) is 5.69 Å². The summed E-state index contributed by atoms with van der Waals surface area (Å²) in [5.74, 6) is -0.125. The van der Waals surface area contributed by atoms with Crippen molar-refractivity contribution < 1.29 is 4.79 Å². The fourth-order valence-electron chi connectivity index (χ4n) is 2.09. The van der Waals surface area contributed by atoms with Gasteiger partial charge in [-0.15, -0.1) is 0 Å². The zero-order valence-corrected chi connectivity index (χ0v) is 10.7. The molecule has 0 radical (unpaired) electrons. The highest BCUT2D eigenvalue weighted by atomic mass is 16.1. The smallest absolute Gasteiger partial charge is 0.269 e. The molecule has 3 N–H and O–H groups in total. The van der Waals surface area contributed by atoms with Crippen molar-refractivity contribution in [1.29, 1.82) is 0 Å². The molecule has 1 amide bonds. The van der Waals surface area contributed by atoms with Gasteiger partial charge in [0.05, 0.1) is 0 Å². The number of hydrogen-bond acceptors (Lipinski definition) is 4.